The quantitative estimate of drug-likeness (QED) is 0.460. The van der Waals surface area contributed by atoms with E-state index in [2.05, 4.69) is 5.32 Å². The lowest BCUT2D eigenvalue weighted by atomic mass is 9.95. The summed E-state index contributed by atoms with van der Waals surface area (Å²) in [5, 5.41) is 13.9. The Hall–Kier alpha value is -3.12. The molecule has 0 aliphatic carbocycles. The molecule has 0 radical (unpaired) electrons. The monoisotopic (exact) mass is 398 g/mol. The van der Waals surface area contributed by atoms with Gasteiger partial charge in [-0.25, -0.2) is 0 Å². The molecule has 28 heavy (non-hydrogen) atoms. The predicted octanol–water partition coefficient (Wildman–Crippen LogP) is 2.90. The maximum absolute atomic E-state index is 12.8. The van der Waals surface area contributed by atoms with Crippen LogP contribution in [-0.2, 0) is 14.4 Å². The topological polar surface area (TPSA) is 86.7 Å². The molecule has 0 bridgehead atoms. The van der Waals surface area contributed by atoms with Crippen LogP contribution in [-0.4, -0.2) is 40.7 Å². The molecule has 0 saturated carbocycles. The Balaban J connectivity index is 2.07. The number of benzene rings is 2. The minimum atomic E-state index is -0.760. The van der Waals surface area contributed by atoms with E-state index < -0.39 is 17.7 Å². The van der Waals surface area contributed by atoms with Gasteiger partial charge < -0.3 is 15.3 Å². The van der Waals surface area contributed by atoms with Crippen molar-refractivity contribution in [2.45, 2.75) is 13.0 Å². The number of hydrogen-bond donors (Lipinski definition) is 2. The van der Waals surface area contributed by atoms with E-state index >= 15 is 0 Å². The molecule has 2 N–H and O–H groups in total. The van der Waals surface area contributed by atoms with Gasteiger partial charge in [0, 0.05) is 30.6 Å². The van der Waals surface area contributed by atoms with E-state index in [-0.39, 0.29) is 30.3 Å². The highest BCUT2D eigenvalue weighted by Crippen LogP contribution is 2.39. The number of aliphatic hydroxyl groups excluding tert-OH is 1. The molecule has 144 valence electrons. The van der Waals surface area contributed by atoms with Crippen LogP contribution in [0.15, 0.2) is 60.2 Å². The van der Waals surface area contributed by atoms with Crippen molar-refractivity contribution in [2.24, 2.45) is 0 Å². The Bertz CT molecular complexity index is 939. The number of hydrogen-bond acceptors (Lipinski definition) is 4. The minimum absolute atomic E-state index is 0.0151. The molecule has 0 aromatic heterocycles. The molecular weight excluding hydrogens is 380 g/mol. The van der Waals surface area contributed by atoms with Crippen LogP contribution < -0.4 is 5.32 Å². The van der Waals surface area contributed by atoms with E-state index in [0.29, 0.717) is 16.1 Å². The number of nitrogens with zero attached hydrogens (tertiary/aromatic N) is 1. The van der Waals surface area contributed by atoms with E-state index in [1.807, 2.05) is 6.07 Å². The maximum Gasteiger partial charge on any atom is 0.295 e. The number of nitrogens with one attached hydrogen (secondary N) is 1. The molecule has 1 fully saturated rings. The Kier molecular flexibility index (Phi) is 5.80. The molecule has 6 nitrogen and oxygen atoms in total. The highest BCUT2D eigenvalue weighted by Gasteiger charge is 2.45. The lowest BCUT2D eigenvalue weighted by Gasteiger charge is -2.25. The van der Waals surface area contributed by atoms with Crippen molar-refractivity contribution in [3.63, 3.8) is 0 Å². The standard InChI is InChI=1S/C21H19ClN2O4/c1-13(25)23-11-12-24-18(14-5-3-2-4-6-14)17(20(27)21(24)28)19(26)15-7-9-16(22)10-8-15/h2-10,18,26H,11-12H2,1H3,(H,23,25)/b19-17+/t18-/m1/s1. The zero-order chi connectivity index (χ0) is 20.3. The van der Waals surface area contributed by atoms with Crippen molar-refractivity contribution < 1.29 is 19.5 Å². The van der Waals surface area contributed by atoms with Gasteiger partial charge in [0.15, 0.2) is 0 Å². The molecule has 1 aliphatic heterocycles. The van der Waals surface area contributed by atoms with Gasteiger partial charge in [0.05, 0.1) is 11.6 Å². The molecule has 7 heteroatoms. The predicted molar refractivity (Wildman–Crippen MR) is 106 cm³/mol. The fourth-order valence-corrected chi connectivity index (χ4v) is 3.33. The van der Waals surface area contributed by atoms with Crippen LogP contribution in [0.2, 0.25) is 5.02 Å². The van der Waals surface area contributed by atoms with E-state index in [0.717, 1.165) is 0 Å². The summed E-state index contributed by atoms with van der Waals surface area (Å²) in [7, 11) is 0. The van der Waals surface area contributed by atoms with Gasteiger partial charge in [-0.2, -0.15) is 0 Å². The summed E-state index contributed by atoms with van der Waals surface area (Å²) in [6.07, 6.45) is 0. The number of carbonyl (C=O) groups is 3. The number of halogens is 1. The number of rotatable bonds is 5. The molecule has 2 amide bonds. The summed E-state index contributed by atoms with van der Waals surface area (Å²) in [4.78, 5) is 37.9. The van der Waals surface area contributed by atoms with E-state index in [1.54, 1.807) is 48.5 Å². The third-order valence-corrected chi connectivity index (χ3v) is 4.75. The van der Waals surface area contributed by atoms with Crippen molar-refractivity contribution >= 4 is 35.0 Å². The molecule has 1 saturated heterocycles. The molecule has 1 atom stereocenters. The Morgan fingerprint density at radius 2 is 1.75 bits per heavy atom. The number of amides is 2. The van der Waals surface area contributed by atoms with Crippen molar-refractivity contribution in [3.05, 3.63) is 76.3 Å². The summed E-state index contributed by atoms with van der Waals surface area (Å²) in [6.45, 7) is 1.72. The molecule has 2 aromatic rings. The second-order valence-corrected chi connectivity index (χ2v) is 6.83. The molecule has 2 aromatic carbocycles. The molecule has 1 aliphatic rings. The number of ketones is 1. The Morgan fingerprint density at radius 3 is 2.36 bits per heavy atom. The Labute approximate surface area is 167 Å². The number of aliphatic hydroxyl groups is 1. The van der Waals surface area contributed by atoms with Crippen molar-refractivity contribution in [1.29, 1.82) is 0 Å². The van der Waals surface area contributed by atoms with Gasteiger partial charge in [-0.1, -0.05) is 41.9 Å². The molecular formula is C21H19ClN2O4. The van der Waals surface area contributed by atoms with Crippen LogP contribution in [0.5, 0.6) is 0 Å². The minimum Gasteiger partial charge on any atom is -0.507 e. The first-order valence-electron chi connectivity index (χ1n) is 8.74. The number of carbonyl (C=O) groups excluding carboxylic acids is 3. The molecule has 0 unspecified atom stereocenters. The summed E-state index contributed by atoms with van der Waals surface area (Å²) in [5.41, 5.74) is 1.10. The lowest BCUT2D eigenvalue weighted by molar-refractivity contribution is -0.139. The summed E-state index contributed by atoms with van der Waals surface area (Å²) >= 11 is 5.90. The second kappa shape index (κ2) is 8.27. The first kappa shape index (κ1) is 19.6. The van der Waals surface area contributed by atoms with Gasteiger partial charge in [0.1, 0.15) is 5.76 Å². The number of likely N-dealkylation sites (tertiary alicyclic amines) is 1. The normalized spacial score (nSPS) is 18.4. The Morgan fingerprint density at radius 1 is 1.11 bits per heavy atom. The van der Waals surface area contributed by atoms with Gasteiger partial charge in [0.2, 0.25) is 5.91 Å². The average molecular weight is 399 g/mol. The van der Waals surface area contributed by atoms with Gasteiger partial charge in [-0.15, -0.1) is 0 Å². The second-order valence-electron chi connectivity index (χ2n) is 6.39. The van der Waals surface area contributed by atoms with Crippen LogP contribution in [0, 0.1) is 0 Å². The fraction of sp³-hybridized carbons (Fsp3) is 0.190. The van der Waals surface area contributed by atoms with Crippen molar-refractivity contribution in [1.82, 2.24) is 10.2 Å². The van der Waals surface area contributed by atoms with E-state index in [9.17, 15) is 19.5 Å². The smallest absolute Gasteiger partial charge is 0.295 e. The van der Waals surface area contributed by atoms with Crippen LogP contribution in [0.4, 0.5) is 0 Å². The van der Waals surface area contributed by atoms with Crippen LogP contribution in [0.25, 0.3) is 5.76 Å². The first-order chi connectivity index (χ1) is 13.4. The SMILES string of the molecule is CC(=O)NCCN1C(=O)C(=O)/C(=C(/O)c2ccc(Cl)cc2)[C@H]1c1ccccc1. The van der Waals surface area contributed by atoms with Gasteiger partial charge in [-0.05, 0) is 29.8 Å². The highest BCUT2D eigenvalue weighted by molar-refractivity contribution is 6.46. The molecule has 1 heterocycles. The van der Waals surface area contributed by atoms with Crippen LogP contribution >= 0.6 is 11.6 Å². The summed E-state index contributed by atoms with van der Waals surface area (Å²) < 4.78 is 0. The maximum atomic E-state index is 12.8. The largest absolute Gasteiger partial charge is 0.507 e. The molecule has 0 spiro atoms. The van der Waals surface area contributed by atoms with Crippen molar-refractivity contribution in [2.75, 3.05) is 13.1 Å². The van der Waals surface area contributed by atoms with Crippen LogP contribution in [0.1, 0.15) is 24.1 Å². The number of Topliss-reactive ketones (excluding diaryl/α,β-unsaturated/α-hetero) is 1. The van der Waals surface area contributed by atoms with E-state index in [1.165, 1.54) is 11.8 Å². The van der Waals surface area contributed by atoms with Gasteiger partial charge in [-0.3, -0.25) is 14.4 Å². The third-order valence-electron chi connectivity index (χ3n) is 4.50. The van der Waals surface area contributed by atoms with Crippen LogP contribution in [0.3, 0.4) is 0 Å². The lowest BCUT2D eigenvalue weighted by Crippen LogP contribution is -2.37. The van der Waals surface area contributed by atoms with Gasteiger partial charge in [0.25, 0.3) is 11.7 Å². The van der Waals surface area contributed by atoms with E-state index in [4.69, 9.17) is 11.6 Å². The average Bonchev–Trinajstić information content (AvgIpc) is 2.93. The fourth-order valence-electron chi connectivity index (χ4n) is 3.21. The van der Waals surface area contributed by atoms with Crippen molar-refractivity contribution in [3.8, 4) is 0 Å². The zero-order valence-corrected chi connectivity index (χ0v) is 15.9. The molecule has 3 rings (SSSR count). The third kappa shape index (κ3) is 3.92. The summed E-state index contributed by atoms with van der Waals surface area (Å²) in [5.74, 6) is -1.96. The zero-order valence-electron chi connectivity index (χ0n) is 15.2. The van der Waals surface area contributed by atoms with Gasteiger partial charge >= 0.3 is 0 Å². The first-order valence-corrected chi connectivity index (χ1v) is 9.11. The summed E-state index contributed by atoms with van der Waals surface area (Å²) in [6, 6.07) is 14.6. The highest BCUT2D eigenvalue weighted by atomic mass is 35.5.